The number of halogens is 4. The molecule has 9 heteroatoms. The number of benzene rings is 2. The minimum absolute atomic E-state index is 0.0582. The fourth-order valence-corrected chi connectivity index (χ4v) is 2.36. The Balaban J connectivity index is 2.27. The number of hydrogen-bond donors (Lipinski definition) is 1. The zero-order chi connectivity index (χ0) is 21.1. The molecule has 0 unspecified atom stereocenters. The number of ketones is 1. The Labute approximate surface area is 164 Å². The van der Waals surface area contributed by atoms with Gasteiger partial charge in [-0.05, 0) is 63.2 Å². The number of nitrogens with one attached hydrogen (secondary N) is 1. The van der Waals surface area contributed by atoms with Crippen LogP contribution in [0.25, 0.3) is 0 Å². The number of carbonyl (C=O) groups is 2. The highest BCUT2D eigenvalue weighted by Crippen LogP contribution is 2.27. The monoisotopic (exact) mass is 415 g/mol. The minimum atomic E-state index is -4.83. The maximum atomic E-state index is 12.8. The molecule has 0 saturated carbocycles. The Morgan fingerprint density at radius 3 is 2.14 bits per heavy atom. The smallest absolute Gasteiger partial charge is 0.444 e. The lowest BCUT2D eigenvalue weighted by molar-refractivity contribution is -0.274. The molecule has 1 amide bonds. The number of anilines is 1. The molecule has 0 bridgehead atoms. The van der Waals surface area contributed by atoms with Gasteiger partial charge in [0.25, 0.3) is 0 Å². The molecule has 0 aliphatic carbocycles. The van der Waals surface area contributed by atoms with Crippen LogP contribution >= 0.6 is 11.6 Å². The van der Waals surface area contributed by atoms with Crippen LogP contribution in [0, 0.1) is 0 Å². The number of carbonyl (C=O) groups excluding carboxylic acids is 2. The number of amides is 1. The molecule has 2 aromatic rings. The molecule has 5 nitrogen and oxygen atoms in total. The van der Waals surface area contributed by atoms with Crippen molar-refractivity contribution in [3.63, 3.8) is 0 Å². The summed E-state index contributed by atoms with van der Waals surface area (Å²) in [4.78, 5) is 24.8. The Hall–Kier alpha value is -2.74. The molecule has 0 fully saturated rings. The number of alkyl halides is 3. The summed E-state index contributed by atoms with van der Waals surface area (Å²) >= 11 is 5.95. The highest BCUT2D eigenvalue weighted by atomic mass is 35.5. The first-order valence-corrected chi connectivity index (χ1v) is 8.42. The van der Waals surface area contributed by atoms with E-state index < -0.39 is 29.6 Å². The molecule has 2 rings (SSSR count). The Morgan fingerprint density at radius 1 is 1.00 bits per heavy atom. The fourth-order valence-electron chi connectivity index (χ4n) is 2.19. The van der Waals surface area contributed by atoms with Gasteiger partial charge in [0.05, 0.1) is 5.69 Å². The summed E-state index contributed by atoms with van der Waals surface area (Å²) in [5.74, 6) is -1.01. The van der Waals surface area contributed by atoms with E-state index in [2.05, 4.69) is 10.1 Å². The Kier molecular flexibility index (Phi) is 6.23. The molecule has 0 atom stereocenters. The maximum Gasteiger partial charge on any atom is 0.573 e. The molecule has 0 aromatic heterocycles. The quantitative estimate of drug-likeness (QED) is 0.639. The van der Waals surface area contributed by atoms with E-state index in [9.17, 15) is 22.8 Å². The zero-order valence-electron chi connectivity index (χ0n) is 15.2. The summed E-state index contributed by atoms with van der Waals surface area (Å²) in [7, 11) is 0. The maximum absolute atomic E-state index is 12.8. The predicted molar refractivity (Wildman–Crippen MR) is 97.9 cm³/mol. The third-order valence-corrected chi connectivity index (χ3v) is 3.45. The van der Waals surface area contributed by atoms with Gasteiger partial charge in [-0.3, -0.25) is 10.1 Å². The predicted octanol–water partition coefficient (Wildman–Crippen LogP) is 5.82. The highest BCUT2D eigenvalue weighted by Gasteiger charge is 2.31. The second kappa shape index (κ2) is 8.10. The molecule has 2 aromatic carbocycles. The average molecular weight is 416 g/mol. The summed E-state index contributed by atoms with van der Waals surface area (Å²) < 4.78 is 45.7. The van der Waals surface area contributed by atoms with E-state index in [1.54, 1.807) is 20.8 Å². The lowest BCUT2D eigenvalue weighted by atomic mass is 10.0. The van der Waals surface area contributed by atoms with Crippen LogP contribution in [-0.4, -0.2) is 23.8 Å². The Morgan fingerprint density at radius 2 is 1.61 bits per heavy atom. The van der Waals surface area contributed by atoms with Crippen LogP contribution in [0.4, 0.5) is 23.7 Å². The normalized spacial score (nSPS) is 11.7. The number of ether oxygens (including phenoxy) is 2. The van der Waals surface area contributed by atoms with E-state index >= 15 is 0 Å². The lowest BCUT2D eigenvalue weighted by Crippen LogP contribution is -2.27. The van der Waals surface area contributed by atoms with Crippen LogP contribution in [0.3, 0.4) is 0 Å². The van der Waals surface area contributed by atoms with Gasteiger partial charge < -0.3 is 9.47 Å². The van der Waals surface area contributed by atoms with E-state index in [0.29, 0.717) is 0 Å². The van der Waals surface area contributed by atoms with Crippen molar-refractivity contribution >= 4 is 29.2 Å². The van der Waals surface area contributed by atoms with Crippen LogP contribution in [-0.2, 0) is 4.74 Å². The standard InChI is InChI=1S/C19H17ClF3NO4/c1-18(2,3)28-17(26)24-15-9-6-12(20)10-14(15)16(25)11-4-7-13(8-5-11)27-19(21,22)23/h4-10H,1-3H3,(H,24,26). The lowest BCUT2D eigenvalue weighted by Gasteiger charge is -2.20. The molecular formula is C19H17ClF3NO4. The van der Waals surface area contributed by atoms with E-state index in [0.717, 1.165) is 12.1 Å². The average Bonchev–Trinajstić information content (AvgIpc) is 2.53. The highest BCUT2D eigenvalue weighted by molar-refractivity contribution is 6.31. The van der Waals surface area contributed by atoms with Crippen LogP contribution in [0.2, 0.25) is 5.02 Å². The summed E-state index contributed by atoms with van der Waals surface area (Å²) in [6.07, 6.45) is -5.60. The van der Waals surface area contributed by atoms with Crippen LogP contribution in [0.1, 0.15) is 36.7 Å². The molecule has 0 heterocycles. The number of hydrogen-bond acceptors (Lipinski definition) is 4. The largest absolute Gasteiger partial charge is 0.573 e. The molecule has 1 N–H and O–H groups in total. The molecular weight excluding hydrogens is 399 g/mol. The Bertz CT molecular complexity index is 874. The van der Waals surface area contributed by atoms with Crippen molar-refractivity contribution < 1.29 is 32.2 Å². The van der Waals surface area contributed by atoms with E-state index in [1.807, 2.05) is 0 Å². The van der Waals surface area contributed by atoms with Crippen molar-refractivity contribution in [1.82, 2.24) is 0 Å². The molecule has 0 radical (unpaired) electrons. The van der Waals surface area contributed by atoms with E-state index in [1.165, 1.54) is 30.3 Å². The molecule has 0 aliphatic heterocycles. The van der Waals surface area contributed by atoms with Crippen molar-refractivity contribution in [3.8, 4) is 5.75 Å². The molecule has 0 aliphatic rings. The molecule has 150 valence electrons. The molecule has 28 heavy (non-hydrogen) atoms. The first kappa shape index (κ1) is 21.6. The van der Waals surface area contributed by atoms with Gasteiger partial charge in [-0.1, -0.05) is 11.6 Å². The van der Waals surface area contributed by atoms with Gasteiger partial charge in [-0.2, -0.15) is 0 Å². The SMILES string of the molecule is CC(C)(C)OC(=O)Nc1ccc(Cl)cc1C(=O)c1ccc(OC(F)(F)F)cc1. The first-order chi connectivity index (χ1) is 12.8. The minimum Gasteiger partial charge on any atom is -0.444 e. The van der Waals surface area contributed by atoms with Gasteiger partial charge in [0.1, 0.15) is 11.4 Å². The van der Waals surface area contributed by atoms with Gasteiger partial charge in [0.2, 0.25) is 0 Å². The van der Waals surface area contributed by atoms with Gasteiger partial charge in [0, 0.05) is 16.1 Å². The molecule has 0 spiro atoms. The van der Waals surface area contributed by atoms with Gasteiger partial charge >= 0.3 is 12.5 Å². The zero-order valence-corrected chi connectivity index (χ0v) is 15.9. The van der Waals surface area contributed by atoms with Gasteiger partial charge in [0.15, 0.2) is 5.78 Å². The third-order valence-electron chi connectivity index (χ3n) is 3.21. The van der Waals surface area contributed by atoms with Crippen molar-refractivity contribution in [2.24, 2.45) is 0 Å². The molecule has 0 saturated heterocycles. The van der Waals surface area contributed by atoms with Crippen LogP contribution in [0.5, 0.6) is 5.75 Å². The summed E-state index contributed by atoms with van der Waals surface area (Å²) in [5, 5.41) is 2.72. The van der Waals surface area contributed by atoms with Crippen molar-refractivity contribution in [1.29, 1.82) is 0 Å². The van der Waals surface area contributed by atoms with E-state index in [4.69, 9.17) is 16.3 Å². The fraction of sp³-hybridized carbons (Fsp3) is 0.263. The van der Waals surface area contributed by atoms with Crippen LogP contribution < -0.4 is 10.1 Å². The summed E-state index contributed by atoms with van der Waals surface area (Å²) in [6.45, 7) is 5.06. The third kappa shape index (κ3) is 6.45. The summed E-state index contributed by atoms with van der Waals surface area (Å²) in [6, 6.07) is 8.66. The number of rotatable bonds is 4. The second-order valence-corrected chi connectivity index (χ2v) is 7.15. The van der Waals surface area contributed by atoms with Crippen molar-refractivity contribution in [3.05, 3.63) is 58.6 Å². The topological polar surface area (TPSA) is 64.6 Å². The van der Waals surface area contributed by atoms with Gasteiger partial charge in [-0.15, -0.1) is 13.2 Å². The van der Waals surface area contributed by atoms with Crippen molar-refractivity contribution in [2.75, 3.05) is 5.32 Å². The second-order valence-electron chi connectivity index (χ2n) is 6.72. The van der Waals surface area contributed by atoms with Gasteiger partial charge in [-0.25, -0.2) is 4.79 Å². The van der Waals surface area contributed by atoms with E-state index in [-0.39, 0.29) is 21.8 Å². The van der Waals surface area contributed by atoms with Crippen molar-refractivity contribution in [2.45, 2.75) is 32.7 Å². The van der Waals surface area contributed by atoms with Crippen LogP contribution in [0.15, 0.2) is 42.5 Å². The first-order valence-electron chi connectivity index (χ1n) is 8.04. The summed E-state index contributed by atoms with van der Waals surface area (Å²) in [5.41, 5.74) is -0.444.